The van der Waals surface area contributed by atoms with E-state index in [-0.39, 0.29) is 12.5 Å². The second-order valence-corrected chi connectivity index (χ2v) is 6.59. The smallest absolute Gasteiger partial charge is 0.437 e. The SMILES string of the molecule is CN(C(=O)OCC1c2ccccc2-c2ccccc21)c1nccnc1C(F)(F)F. The first-order valence-corrected chi connectivity index (χ1v) is 8.85. The number of hydrogen-bond donors (Lipinski definition) is 0. The predicted octanol–water partition coefficient (Wildman–Crippen LogP) is 4.88. The van der Waals surface area contributed by atoms with Crippen molar-refractivity contribution in [2.45, 2.75) is 12.1 Å². The van der Waals surface area contributed by atoms with E-state index >= 15 is 0 Å². The van der Waals surface area contributed by atoms with Gasteiger partial charge >= 0.3 is 12.3 Å². The molecule has 0 bridgehead atoms. The lowest BCUT2D eigenvalue weighted by Gasteiger charge is -2.21. The Balaban J connectivity index is 1.55. The molecule has 0 saturated carbocycles. The summed E-state index contributed by atoms with van der Waals surface area (Å²) in [6.45, 7) is -0.00118. The Hall–Kier alpha value is -3.42. The molecule has 0 N–H and O–H groups in total. The molecule has 0 radical (unpaired) electrons. The highest BCUT2D eigenvalue weighted by molar-refractivity contribution is 5.86. The Labute approximate surface area is 164 Å². The minimum absolute atomic E-state index is 0.00118. The van der Waals surface area contributed by atoms with Crippen LogP contribution in [0, 0.1) is 0 Å². The summed E-state index contributed by atoms with van der Waals surface area (Å²) in [5, 5.41) is 0. The fourth-order valence-corrected chi connectivity index (χ4v) is 3.55. The molecule has 3 aromatic rings. The third-order valence-electron chi connectivity index (χ3n) is 4.88. The molecule has 5 nitrogen and oxygen atoms in total. The van der Waals surface area contributed by atoms with Crippen LogP contribution in [-0.2, 0) is 10.9 Å². The number of anilines is 1. The van der Waals surface area contributed by atoms with Gasteiger partial charge in [-0.1, -0.05) is 48.5 Å². The molecule has 2 aromatic carbocycles. The Morgan fingerprint density at radius 3 is 2.14 bits per heavy atom. The predicted molar refractivity (Wildman–Crippen MR) is 101 cm³/mol. The number of nitrogens with zero attached hydrogens (tertiary/aromatic N) is 3. The number of fused-ring (bicyclic) bond motifs is 3. The number of ether oxygens (including phenoxy) is 1. The van der Waals surface area contributed by atoms with E-state index in [4.69, 9.17) is 4.74 Å². The molecule has 1 aliphatic carbocycles. The van der Waals surface area contributed by atoms with Crippen LogP contribution in [0.2, 0.25) is 0 Å². The molecule has 0 atom stereocenters. The average molecular weight is 399 g/mol. The van der Waals surface area contributed by atoms with Gasteiger partial charge in [-0.3, -0.25) is 4.90 Å². The molecule has 1 aromatic heterocycles. The van der Waals surface area contributed by atoms with Gasteiger partial charge in [0.05, 0.1) is 0 Å². The minimum atomic E-state index is -4.73. The first-order valence-electron chi connectivity index (χ1n) is 8.85. The summed E-state index contributed by atoms with van der Waals surface area (Å²) in [5.74, 6) is -0.791. The number of carbonyl (C=O) groups is 1. The highest BCUT2D eigenvalue weighted by Gasteiger charge is 2.38. The van der Waals surface area contributed by atoms with Gasteiger partial charge in [0.1, 0.15) is 6.61 Å². The fraction of sp³-hybridized carbons (Fsp3) is 0.190. The van der Waals surface area contributed by atoms with E-state index in [1.54, 1.807) is 0 Å². The van der Waals surface area contributed by atoms with Crippen LogP contribution in [0.5, 0.6) is 0 Å². The van der Waals surface area contributed by atoms with E-state index in [1.165, 1.54) is 7.05 Å². The van der Waals surface area contributed by atoms with Crippen molar-refractivity contribution in [2.75, 3.05) is 18.6 Å². The molecule has 4 rings (SSSR count). The highest BCUT2D eigenvalue weighted by Crippen LogP contribution is 2.44. The van der Waals surface area contributed by atoms with Gasteiger partial charge in [0.15, 0.2) is 11.5 Å². The van der Waals surface area contributed by atoms with Crippen LogP contribution in [0.4, 0.5) is 23.8 Å². The van der Waals surface area contributed by atoms with Gasteiger partial charge in [-0.05, 0) is 22.3 Å². The Bertz CT molecular complexity index is 1020. The van der Waals surface area contributed by atoms with Crippen LogP contribution in [0.25, 0.3) is 11.1 Å². The monoisotopic (exact) mass is 399 g/mol. The topological polar surface area (TPSA) is 55.3 Å². The molecule has 0 aliphatic heterocycles. The highest BCUT2D eigenvalue weighted by atomic mass is 19.4. The second kappa shape index (κ2) is 7.20. The molecule has 0 fully saturated rings. The minimum Gasteiger partial charge on any atom is -0.448 e. The molecule has 148 valence electrons. The maximum atomic E-state index is 13.2. The molecular weight excluding hydrogens is 383 g/mol. The number of hydrogen-bond acceptors (Lipinski definition) is 4. The van der Waals surface area contributed by atoms with Crippen LogP contribution >= 0.6 is 0 Å². The summed E-state index contributed by atoms with van der Waals surface area (Å²) in [4.78, 5) is 20.2. The molecule has 8 heteroatoms. The molecule has 1 amide bonds. The molecule has 0 unspecified atom stereocenters. The number of alkyl halides is 3. The van der Waals surface area contributed by atoms with Crippen molar-refractivity contribution in [1.29, 1.82) is 0 Å². The quantitative estimate of drug-likeness (QED) is 0.630. The van der Waals surface area contributed by atoms with E-state index in [1.807, 2.05) is 48.5 Å². The summed E-state index contributed by atoms with van der Waals surface area (Å²) < 4.78 is 44.8. The van der Waals surface area contributed by atoms with Gasteiger partial charge in [-0.2, -0.15) is 13.2 Å². The largest absolute Gasteiger partial charge is 0.448 e. The zero-order chi connectivity index (χ0) is 20.6. The Morgan fingerprint density at radius 2 is 1.55 bits per heavy atom. The lowest BCUT2D eigenvalue weighted by atomic mass is 9.98. The van der Waals surface area contributed by atoms with E-state index in [0.29, 0.717) is 0 Å². The normalized spacial score (nSPS) is 13.0. The molecule has 1 heterocycles. The summed E-state index contributed by atoms with van der Waals surface area (Å²) >= 11 is 0. The summed E-state index contributed by atoms with van der Waals surface area (Å²) in [6, 6.07) is 15.6. The van der Waals surface area contributed by atoms with Gasteiger partial charge in [0, 0.05) is 25.4 Å². The second-order valence-electron chi connectivity index (χ2n) is 6.59. The summed E-state index contributed by atoms with van der Waals surface area (Å²) in [5.41, 5.74) is 2.91. The lowest BCUT2D eigenvalue weighted by Crippen LogP contribution is -2.31. The fourth-order valence-electron chi connectivity index (χ4n) is 3.55. The van der Waals surface area contributed by atoms with Crippen LogP contribution in [0.1, 0.15) is 22.7 Å². The van der Waals surface area contributed by atoms with Crippen molar-refractivity contribution in [3.63, 3.8) is 0 Å². The van der Waals surface area contributed by atoms with Gasteiger partial charge < -0.3 is 4.74 Å². The zero-order valence-corrected chi connectivity index (χ0v) is 15.3. The van der Waals surface area contributed by atoms with Crippen molar-refractivity contribution in [3.8, 4) is 11.1 Å². The van der Waals surface area contributed by atoms with Crippen molar-refractivity contribution in [3.05, 3.63) is 77.7 Å². The van der Waals surface area contributed by atoms with Gasteiger partial charge in [0.2, 0.25) is 0 Å². The van der Waals surface area contributed by atoms with Gasteiger partial charge in [-0.15, -0.1) is 0 Å². The lowest BCUT2D eigenvalue weighted by molar-refractivity contribution is -0.140. The van der Waals surface area contributed by atoms with Gasteiger partial charge in [0.25, 0.3) is 0 Å². The van der Waals surface area contributed by atoms with Crippen molar-refractivity contribution in [1.82, 2.24) is 9.97 Å². The first-order chi connectivity index (χ1) is 13.9. The van der Waals surface area contributed by atoms with Gasteiger partial charge in [-0.25, -0.2) is 14.8 Å². The number of rotatable bonds is 3. The molecule has 1 aliphatic rings. The Morgan fingerprint density at radius 1 is 1.00 bits per heavy atom. The van der Waals surface area contributed by atoms with Crippen LogP contribution in [0.15, 0.2) is 60.9 Å². The van der Waals surface area contributed by atoms with E-state index in [9.17, 15) is 18.0 Å². The van der Waals surface area contributed by atoms with Crippen molar-refractivity contribution < 1.29 is 22.7 Å². The van der Waals surface area contributed by atoms with Crippen LogP contribution < -0.4 is 4.90 Å². The van der Waals surface area contributed by atoms with Crippen LogP contribution in [-0.4, -0.2) is 29.7 Å². The van der Waals surface area contributed by atoms with Crippen molar-refractivity contribution in [2.24, 2.45) is 0 Å². The van der Waals surface area contributed by atoms with Crippen LogP contribution in [0.3, 0.4) is 0 Å². The Kier molecular flexibility index (Phi) is 4.70. The van der Waals surface area contributed by atoms with E-state index < -0.39 is 23.8 Å². The number of aromatic nitrogens is 2. The zero-order valence-electron chi connectivity index (χ0n) is 15.3. The molecular formula is C21H16F3N3O2. The van der Waals surface area contributed by atoms with E-state index in [2.05, 4.69) is 9.97 Å². The number of amides is 1. The number of halogens is 3. The first kappa shape index (κ1) is 18.9. The molecule has 0 saturated heterocycles. The average Bonchev–Trinajstić information content (AvgIpc) is 3.05. The van der Waals surface area contributed by atoms with E-state index in [0.717, 1.165) is 39.5 Å². The standard InChI is InChI=1S/C21H16F3N3O2/c1-27(19-18(21(22,23)24)25-10-11-26-19)20(28)29-12-17-15-8-4-2-6-13(15)14-7-3-5-9-16(14)17/h2-11,17H,12H2,1H3. The maximum Gasteiger partial charge on any atom is 0.437 e. The molecule has 29 heavy (non-hydrogen) atoms. The molecule has 0 spiro atoms. The summed E-state index contributed by atoms with van der Waals surface area (Å²) in [6.07, 6.45) is -3.64. The number of carbonyl (C=O) groups excluding carboxylic acids is 1. The number of benzene rings is 2. The third-order valence-corrected chi connectivity index (χ3v) is 4.88. The maximum absolute atomic E-state index is 13.2. The van der Waals surface area contributed by atoms with Crippen molar-refractivity contribution >= 4 is 11.9 Å². The summed E-state index contributed by atoms with van der Waals surface area (Å²) in [7, 11) is 1.18. The third kappa shape index (κ3) is 3.41.